The number of rotatable bonds is 5. The molecule has 0 aromatic carbocycles. The van der Waals surface area contributed by atoms with Crippen LogP contribution in [0.15, 0.2) is 12.4 Å². The molecular weight excluding hydrogens is 220 g/mol. The SMILES string of the molecule is CCN(C[C@@H](C)O)C(=O)Nc1cnn(CC)c1. The predicted molar refractivity (Wildman–Crippen MR) is 65.8 cm³/mol. The highest BCUT2D eigenvalue weighted by atomic mass is 16.3. The second-order valence-electron chi connectivity index (χ2n) is 3.90. The van der Waals surface area contributed by atoms with E-state index in [1.165, 1.54) is 0 Å². The first kappa shape index (κ1) is 13.5. The van der Waals surface area contributed by atoms with Gasteiger partial charge in [-0.15, -0.1) is 0 Å². The first-order valence-electron chi connectivity index (χ1n) is 5.83. The van der Waals surface area contributed by atoms with Crippen molar-refractivity contribution in [3.63, 3.8) is 0 Å². The third-order valence-corrected chi connectivity index (χ3v) is 2.36. The van der Waals surface area contributed by atoms with Gasteiger partial charge in [0, 0.05) is 25.8 Å². The van der Waals surface area contributed by atoms with Gasteiger partial charge in [-0.05, 0) is 20.8 Å². The molecule has 1 aromatic rings. The van der Waals surface area contributed by atoms with Crippen LogP contribution in [-0.2, 0) is 6.54 Å². The Balaban J connectivity index is 2.57. The average molecular weight is 240 g/mol. The molecule has 2 N–H and O–H groups in total. The molecule has 0 radical (unpaired) electrons. The van der Waals surface area contributed by atoms with E-state index in [1.807, 2.05) is 13.8 Å². The molecule has 0 saturated carbocycles. The van der Waals surface area contributed by atoms with Crippen LogP contribution in [0.4, 0.5) is 10.5 Å². The number of likely N-dealkylation sites (N-methyl/N-ethyl adjacent to an activating group) is 1. The Morgan fingerprint density at radius 1 is 1.65 bits per heavy atom. The van der Waals surface area contributed by atoms with Crippen molar-refractivity contribution in [2.24, 2.45) is 0 Å². The number of nitrogens with one attached hydrogen (secondary N) is 1. The molecule has 0 bridgehead atoms. The zero-order chi connectivity index (χ0) is 12.8. The number of aliphatic hydroxyl groups is 1. The van der Waals surface area contributed by atoms with E-state index in [4.69, 9.17) is 0 Å². The topological polar surface area (TPSA) is 70.4 Å². The van der Waals surface area contributed by atoms with Gasteiger partial charge in [0.1, 0.15) is 0 Å². The van der Waals surface area contributed by atoms with Crippen LogP contribution in [0.25, 0.3) is 0 Å². The number of carbonyl (C=O) groups excluding carboxylic acids is 1. The fraction of sp³-hybridized carbons (Fsp3) is 0.636. The standard InChI is InChI=1S/C11H20N4O2/c1-4-14(7-9(3)16)11(17)13-10-6-12-15(5-2)8-10/h6,8-9,16H,4-5,7H2,1-3H3,(H,13,17)/t9-/m1/s1. The monoisotopic (exact) mass is 240 g/mol. The Hall–Kier alpha value is -1.56. The number of nitrogens with zero attached hydrogens (tertiary/aromatic N) is 3. The lowest BCUT2D eigenvalue weighted by molar-refractivity contribution is 0.141. The fourth-order valence-corrected chi connectivity index (χ4v) is 1.48. The molecule has 0 aliphatic heterocycles. The van der Waals surface area contributed by atoms with E-state index in [1.54, 1.807) is 28.9 Å². The zero-order valence-electron chi connectivity index (χ0n) is 10.6. The van der Waals surface area contributed by atoms with E-state index in [0.717, 1.165) is 6.54 Å². The van der Waals surface area contributed by atoms with Gasteiger partial charge < -0.3 is 15.3 Å². The number of aliphatic hydroxyl groups excluding tert-OH is 1. The largest absolute Gasteiger partial charge is 0.392 e. The summed E-state index contributed by atoms with van der Waals surface area (Å²) in [4.78, 5) is 13.4. The van der Waals surface area contributed by atoms with Crippen molar-refractivity contribution in [3.8, 4) is 0 Å². The van der Waals surface area contributed by atoms with Crippen LogP contribution in [0.2, 0.25) is 0 Å². The molecule has 0 aliphatic rings. The summed E-state index contributed by atoms with van der Waals surface area (Å²) in [7, 11) is 0. The minimum absolute atomic E-state index is 0.218. The molecule has 0 unspecified atom stereocenters. The summed E-state index contributed by atoms with van der Waals surface area (Å²) < 4.78 is 1.74. The molecule has 1 atom stereocenters. The average Bonchev–Trinajstić information content (AvgIpc) is 2.73. The van der Waals surface area contributed by atoms with E-state index in [2.05, 4.69) is 10.4 Å². The van der Waals surface area contributed by atoms with E-state index < -0.39 is 6.10 Å². The molecule has 1 rings (SSSR count). The summed E-state index contributed by atoms with van der Waals surface area (Å²) in [6.07, 6.45) is 2.85. The minimum Gasteiger partial charge on any atom is -0.392 e. The van der Waals surface area contributed by atoms with E-state index >= 15 is 0 Å². The third kappa shape index (κ3) is 4.07. The molecule has 6 nitrogen and oxygen atoms in total. The van der Waals surface area contributed by atoms with Gasteiger partial charge >= 0.3 is 6.03 Å². The zero-order valence-corrected chi connectivity index (χ0v) is 10.6. The molecule has 2 amide bonds. The highest BCUT2D eigenvalue weighted by Gasteiger charge is 2.14. The van der Waals surface area contributed by atoms with E-state index in [0.29, 0.717) is 18.8 Å². The molecule has 1 aromatic heterocycles. The number of hydrogen-bond donors (Lipinski definition) is 2. The summed E-state index contributed by atoms with van der Waals surface area (Å²) >= 11 is 0. The summed E-state index contributed by atoms with van der Waals surface area (Å²) in [5, 5.41) is 16.1. The lowest BCUT2D eigenvalue weighted by Crippen LogP contribution is -2.39. The molecule has 6 heteroatoms. The maximum atomic E-state index is 11.8. The maximum Gasteiger partial charge on any atom is 0.322 e. The Labute approximate surface area is 101 Å². The second-order valence-corrected chi connectivity index (χ2v) is 3.90. The number of hydrogen-bond acceptors (Lipinski definition) is 3. The van der Waals surface area contributed by atoms with Crippen LogP contribution in [-0.4, -0.2) is 45.0 Å². The molecule has 96 valence electrons. The van der Waals surface area contributed by atoms with Crippen molar-refractivity contribution in [1.82, 2.24) is 14.7 Å². The molecule has 0 fully saturated rings. The quantitative estimate of drug-likeness (QED) is 0.810. The number of aryl methyl sites for hydroxylation is 1. The van der Waals surface area contributed by atoms with Crippen LogP contribution in [0.1, 0.15) is 20.8 Å². The summed E-state index contributed by atoms with van der Waals surface area (Å²) in [5.74, 6) is 0. The lowest BCUT2D eigenvalue weighted by atomic mass is 10.3. The predicted octanol–water partition coefficient (Wildman–Crippen LogP) is 1.14. The normalized spacial score (nSPS) is 12.2. The van der Waals surface area contributed by atoms with Gasteiger partial charge in [0.2, 0.25) is 0 Å². The maximum absolute atomic E-state index is 11.8. The smallest absolute Gasteiger partial charge is 0.322 e. The van der Waals surface area contributed by atoms with Crippen molar-refractivity contribution < 1.29 is 9.90 Å². The van der Waals surface area contributed by atoms with Gasteiger partial charge in [0.25, 0.3) is 0 Å². The minimum atomic E-state index is -0.529. The number of amides is 2. The lowest BCUT2D eigenvalue weighted by Gasteiger charge is -2.22. The molecule has 0 spiro atoms. The summed E-state index contributed by atoms with van der Waals surface area (Å²) in [6, 6.07) is -0.218. The first-order chi connectivity index (χ1) is 8.06. The number of anilines is 1. The molecule has 1 heterocycles. The third-order valence-electron chi connectivity index (χ3n) is 2.36. The number of carbonyl (C=O) groups is 1. The van der Waals surface area contributed by atoms with Crippen molar-refractivity contribution in [1.29, 1.82) is 0 Å². The summed E-state index contributed by atoms with van der Waals surface area (Å²) in [6.45, 7) is 7.15. The first-order valence-corrected chi connectivity index (χ1v) is 5.83. The van der Waals surface area contributed by atoms with Crippen LogP contribution in [0.3, 0.4) is 0 Å². The molecule has 17 heavy (non-hydrogen) atoms. The van der Waals surface area contributed by atoms with Gasteiger partial charge in [-0.1, -0.05) is 0 Å². The van der Waals surface area contributed by atoms with Crippen molar-refractivity contribution in [2.45, 2.75) is 33.4 Å². The second kappa shape index (κ2) is 6.24. The molecule has 0 saturated heterocycles. The highest BCUT2D eigenvalue weighted by molar-refractivity contribution is 5.88. The van der Waals surface area contributed by atoms with Crippen molar-refractivity contribution in [3.05, 3.63) is 12.4 Å². The fourth-order valence-electron chi connectivity index (χ4n) is 1.48. The van der Waals surface area contributed by atoms with Crippen molar-refractivity contribution in [2.75, 3.05) is 18.4 Å². The van der Waals surface area contributed by atoms with Gasteiger partial charge in [0.05, 0.1) is 18.0 Å². The van der Waals surface area contributed by atoms with Crippen LogP contribution < -0.4 is 5.32 Å². The Bertz CT molecular complexity index is 362. The Morgan fingerprint density at radius 3 is 2.82 bits per heavy atom. The van der Waals surface area contributed by atoms with Gasteiger partial charge in [0.15, 0.2) is 0 Å². The van der Waals surface area contributed by atoms with Crippen LogP contribution in [0.5, 0.6) is 0 Å². The van der Waals surface area contributed by atoms with E-state index in [9.17, 15) is 9.90 Å². The van der Waals surface area contributed by atoms with Crippen LogP contribution in [0, 0.1) is 0 Å². The van der Waals surface area contributed by atoms with Gasteiger partial charge in [-0.2, -0.15) is 5.10 Å². The summed E-state index contributed by atoms with van der Waals surface area (Å²) in [5.41, 5.74) is 0.667. The van der Waals surface area contributed by atoms with Crippen molar-refractivity contribution >= 4 is 11.7 Å². The molecule has 0 aliphatic carbocycles. The van der Waals surface area contributed by atoms with Gasteiger partial charge in [-0.25, -0.2) is 4.79 Å². The molecular formula is C11H20N4O2. The Kier molecular flexibility index (Phi) is 4.96. The highest BCUT2D eigenvalue weighted by Crippen LogP contribution is 2.06. The number of aromatic nitrogens is 2. The van der Waals surface area contributed by atoms with Gasteiger partial charge in [-0.3, -0.25) is 4.68 Å². The Morgan fingerprint density at radius 2 is 2.35 bits per heavy atom. The van der Waals surface area contributed by atoms with Crippen LogP contribution >= 0.6 is 0 Å². The number of urea groups is 1. The van der Waals surface area contributed by atoms with E-state index in [-0.39, 0.29) is 6.03 Å².